The van der Waals surface area contributed by atoms with E-state index in [2.05, 4.69) is 15.7 Å². The van der Waals surface area contributed by atoms with E-state index < -0.39 is 41.1 Å². The van der Waals surface area contributed by atoms with E-state index in [1.54, 1.807) is 43.9 Å². The van der Waals surface area contributed by atoms with Crippen LogP contribution in [0.3, 0.4) is 0 Å². The SMILES string of the molecule is CC1CN(C(=O)OC(C)(C)C)CCC1C(=O)NCCNC(=O)c1cn(C2C=CC=CC2)nc1C(F)(F)F. The van der Waals surface area contributed by atoms with E-state index in [1.807, 2.05) is 13.0 Å². The summed E-state index contributed by atoms with van der Waals surface area (Å²) in [5.74, 6) is -1.59. The molecule has 2 aliphatic rings. The number of hydrogen-bond acceptors (Lipinski definition) is 5. The minimum atomic E-state index is -4.79. The van der Waals surface area contributed by atoms with Crippen LogP contribution >= 0.6 is 0 Å². The van der Waals surface area contributed by atoms with Crippen molar-refractivity contribution in [3.8, 4) is 0 Å². The Morgan fingerprint density at radius 1 is 1.14 bits per heavy atom. The standard InChI is InChI=1S/C25H34F3N5O4/c1-16-14-32(23(36)37-24(2,3)4)13-10-18(16)21(34)29-11-12-30-22(35)19-15-33(17-8-6-5-7-9-17)31-20(19)25(26,27)28/h5-8,15-18H,9-14H2,1-4H3,(H,29,34)(H,30,35). The maximum atomic E-state index is 13.5. The zero-order valence-corrected chi connectivity index (χ0v) is 21.5. The number of nitrogens with zero attached hydrogens (tertiary/aromatic N) is 3. The van der Waals surface area contributed by atoms with Crippen molar-refractivity contribution >= 4 is 17.9 Å². The molecular weight excluding hydrogens is 491 g/mol. The number of nitrogens with one attached hydrogen (secondary N) is 2. The highest BCUT2D eigenvalue weighted by Crippen LogP contribution is 2.32. The average molecular weight is 526 g/mol. The maximum Gasteiger partial charge on any atom is 0.435 e. The van der Waals surface area contributed by atoms with Gasteiger partial charge in [0.25, 0.3) is 5.91 Å². The molecule has 0 radical (unpaired) electrons. The molecule has 2 heterocycles. The lowest BCUT2D eigenvalue weighted by molar-refractivity contribution is -0.141. The van der Waals surface area contributed by atoms with Gasteiger partial charge in [0.05, 0.1) is 11.6 Å². The summed E-state index contributed by atoms with van der Waals surface area (Å²) < 4.78 is 47.1. The average Bonchev–Trinajstić information content (AvgIpc) is 3.27. The van der Waals surface area contributed by atoms with Gasteiger partial charge in [0, 0.05) is 38.3 Å². The second kappa shape index (κ2) is 11.4. The van der Waals surface area contributed by atoms with Gasteiger partial charge < -0.3 is 20.3 Å². The second-order valence-corrected chi connectivity index (χ2v) is 10.3. The monoisotopic (exact) mass is 525 g/mol. The van der Waals surface area contributed by atoms with Crippen LogP contribution in [0.4, 0.5) is 18.0 Å². The molecule has 1 aliphatic heterocycles. The molecule has 1 fully saturated rings. The summed E-state index contributed by atoms with van der Waals surface area (Å²) in [6.07, 6.45) is 3.85. The van der Waals surface area contributed by atoms with Gasteiger partial charge in [-0.2, -0.15) is 18.3 Å². The number of hydrogen-bond donors (Lipinski definition) is 2. The Morgan fingerprint density at radius 3 is 2.43 bits per heavy atom. The summed E-state index contributed by atoms with van der Waals surface area (Å²) in [6, 6.07) is -0.407. The fraction of sp³-hybridized carbons (Fsp3) is 0.600. The van der Waals surface area contributed by atoms with Crippen molar-refractivity contribution in [2.75, 3.05) is 26.2 Å². The van der Waals surface area contributed by atoms with Gasteiger partial charge in [0.1, 0.15) is 5.60 Å². The molecular formula is C25H34F3N5O4. The van der Waals surface area contributed by atoms with Crippen LogP contribution in [-0.4, -0.2) is 64.4 Å². The number of rotatable bonds is 6. The van der Waals surface area contributed by atoms with Crippen molar-refractivity contribution in [3.05, 3.63) is 41.8 Å². The third kappa shape index (κ3) is 7.59. The number of alkyl halides is 3. The van der Waals surface area contributed by atoms with Crippen molar-refractivity contribution in [2.24, 2.45) is 11.8 Å². The van der Waals surface area contributed by atoms with E-state index in [1.165, 1.54) is 0 Å². The Balaban J connectivity index is 1.50. The van der Waals surface area contributed by atoms with E-state index in [0.29, 0.717) is 25.9 Å². The summed E-state index contributed by atoms with van der Waals surface area (Å²) in [4.78, 5) is 39.1. The van der Waals surface area contributed by atoms with Crippen LogP contribution in [-0.2, 0) is 15.7 Å². The number of amides is 3. The van der Waals surface area contributed by atoms with Gasteiger partial charge in [-0.3, -0.25) is 14.3 Å². The van der Waals surface area contributed by atoms with Crippen LogP contribution in [0.15, 0.2) is 30.5 Å². The Labute approximate surface area is 214 Å². The molecule has 3 atom stereocenters. The molecule has 0 spiro atoms. The summed E-state index contributed by atoms with van der Waals surface area (Å²) >= 11 is 0. The van der Waals surface area contributed by atoms with Crippen LogP contribution < -0.4 is 10.6 Å². The zero-order valence-electron chi connectivity index (χ0n) is 21.5. The molecule has 3 rings (SSSR count). The number of aromatic nitrogens is 2. The fourth-order valence-corrected chi connectivity index (χ4v) is 4.32. The van der Waals surface area contributed by atoms with Crippen LogP contribution in [0.1, 0.15) is 62.6 Å². The molecule has 2 N–H and O–H groups in total. The molecule has 0 saturated carbocycles. The Bertz CT molecular complexity index is 1060. The summed E-state index contributed by atoms with van der Waals surface area (Å²) in [7, 11) is 0. The first kappa shape index (κ1) is 28.3. The van der Waals surface area contributed by atoms with Gasteiger partial charge in [-0.1, -0.05) is 31.2 Å². The minimum absolute atomic E-state index is 0.0508. The third-order valence-corrected chi connectivity index (χ3v) is 6.15. The van der Waals surface area contributed by atoms with Crippen molar-refractivity contribution in [1.82, 2.24) is 25.3 Å². The maximum absolute atomic E-state index is 13.5. The van der Waals surface area contributed by atoms with Gasteiger partial charge in [0.15, 0.2) is 5.69 Å². The predicted octanol–water partition coefficient (Wildman–Crippen LogP) is 3.70. The first-order chi connectivity index (χ1) is 17.3. The van der Waals surface area contributed by atoms with Gasteiger partial charge in [0.2, 0.25) is 5.91 Å². The Hall–Kier alpha value is -3.31. The Kier molecular flexibility index (Phi) is 8.70. The first-order valence-electron chi connectivity index (χ1n) is 12.3. The number of piperidine rings is 1. The van der Waals surface area contributed by atoms with Crippen LogP contribution in [0.2, 0.25) is 0 Å². The van der Waals surface area contributed by atoms with E-state index in [-0.39, 0.29) is 30.8 Å². The number of carbonyl (C=O) groups is 3. The summed E-state index contributed by atoms with van der Waals surface area (Å²) in [5.41, 5.74) is -2.42. The highest BCUT2D eigenvalue weighted by atomic mass is 19.4. The minimum Gasteiger partial charge on any atom is -0.444 e. The smallest absolute Gasteiger partial charge is 0.435 e. The number of halogens is 3. The lowest BCUT2D eigenvalue weighted by Gasteiger charge is -2.36. The molecule has 3 unspecified atom stereocenters. The number of allylic oxidation sites excluding steroid dienone is 4. The molecule has 1 aromatic rings. The van der Waals surface area contributed by atoms with Crippen molar-refractivity contribution in [1.29, 1.82) is 0 Å². The number of ether oxygens (including phenoxy) is 1. The van der Waals surface area contributed by atoms with E-state index in [0.717, 1.165) is 10.9 Å². The molecule has 12 heteroatoms. The predicted molar refractivity (Wildman–Crippen MR) is 130 cm³/mol. The number of likely N-dealkylation sites (tertiary alicyclic amines) is 1. The normalized spacial score (nSPS) is 22.0. The van der Waals surface area contributed by atoms with Crippen molar-refractivity contribution < 1.29 is 32.3 Å². The first-order valence-corrected chi connectivity index (χ1v) is 12.3. The zero-order chi connectivity index (χ0) is 27.4. The topological polar surface area (TPSA) is 106 Å². The van der Waals surface area contributed by atoms with Gasteiger partial charge >= 0.3 is 12.3 Å². The van der Waals surface area contributed by atoms with E-state index >= 15 is 0 Å². The van der Waals surface area contributed by atoms with E-state index in [9.17, 15) is 27.6 Å². The summed E-state index contributed by atoms with van der Waals surface area (Å²) in [6.45, 7) is 7.98. The lowest BCUT2D eigenvalue weighted by Crippen LogP contribution is -2.49. The van der Waals surface area contributed by atoms with Gasteiger partial charge in [-0.15, -0.1) is 0 Å². The van der Waals surface area contributed by atoms with Crippen molar-refractivity contribution in [3.63, 3.8) is 0 Å². The molecule has 1 aliphatic carbocycles. The van der Waals surface area contributed by atoms with Gasteiger partial charge in [-0.25, -0.2) is 4.79 Å². The lowest BCUT2D eigenvalue weighted by atomic mass is 9.86. The molecule has 0 aromatic carbocycles. The van der Waals surface area contributed by atoms with Crippen LogP contribution in [0, 0.1) is 11.8 Å². The number of carbonyl (C=O) groups excluding carboxylic acids is 3. The molecule has 204 valence electrons. The second-order valence-electron chi connectivity index (χ2n) is 10.3. The van der Waals surface area contributed by atoms with Crippen LogP contribution in [0.5, 0.6) is 0 Å². The molecule has 1 saturated heterocycles. The molecule has 0 bridgehead atoms. The quantitative estimate of drug-likeness (QED) is 0.551. The molecule has 37 heavy (non-hydrogen) atoms. The van der Waals surface area contributed by atoms with E-state index in [4.69, 9.17) is 4.74 Å². The Morgan fingerprint density at radius 2 is 1.84 bits per heavy atom. The van der Waals surface area contributed by atoms with Gasteiger partial charge in [-0.05, 0) is 39.5 Å². The third-order valence-electron chi connectivity index (χ3n) is 6.15. The highest BCUT2D eigenvalue weighted by Gasteiger charge is 2.40. The molecule has 1 aromatic heterocycles. The highest BCUT2D eigenvalue weighted by molar-refractivity contribution is 5.95. The molecule has 9 nitrogen and oxygen atoms in total. The molecule has 3 amide bonds. The largest absolute Gasteiger partial charge is 0.444 e. The fourth-order valence-electron chi connectivity index (χ4n) is 4.32. The van der Waals surface area contributed by atoms with Crippen LogP contribution in [0.25, 0.3) is 0 Å². The summed E-state index contributed by atoms with van der Waals surface area (Å²) in [5, 5.41) is 8.79. The van der Waals surface area contributed by atoms with Crippen molar-refractivity contribution in [2.45, 2.75) is 58.4 Å².